The number of furan rings is 1. The molecule has 7 heteroatoms. The molecule has 160 valence electrons. The average molecular weight is 445 g/mol. The quantitative estimate of drug-likeness (QED) is 0.385. The Morgan fingerprint density at radius 1 is 1.06 bits per heavy atom. The molecule has 0 saturated heterocycles. The van der Waals surface area contributed by atoms with E-state index in [1.54, 1.807) is 22.6 Å². The minimum atomic E-state index is -0.403. The van der Waals surface area contributed by atoms with Crippen molar-refractivity contribution in [2.75, 3.05) is 7.11 Å². The lowest BCUT2D eigenvalue weighted by molar-refractivity contribution is 0.0601. The number of hydrogen-bond acceptors (Lipinski definition) is 6. The van der Waals surface area contributed by atoms with Crippen molar-refractivity contribution in [3.63, 3.8) is 0 Å². The fraction of sp³-hybridized carbons (Fsp3) is 0.160. The number of aryl methyl sites for hydroxylation is 3. The Morgan fingerprint density at radius 2 is 1.84 bits per heavy atom. The summed E-state index contributed by atoms with van der Waals surface area (Å²) in [6.45, 7) is 6.01. The Bertz CT molecular complexity index is 1640. The van der Waals surface area contributed by atoms with E-state index < -0.39 is 5.97 Å². The molecule has 0 aliphatic rings. The van der Waals surface area contributed by atoms with Crippen LogP contribution in [0.25, 0.3) is 33.4 Å². The molecule has 0 bridgehead atoms. The molecule has 5 aromatic rings. The highest BCUT2D eigenvalue weighted by molar-refractivity contribution is 7.15. The van der Waals surface area contributed by atoms with Crippen molar-refractivity contribution in [1.82, 2.24) is 9.38 Å². The molecule has 6 nitrogen and oxygen atoms in total. The molecule has 0 aliphatic carbocycles. The van der Waals surface area contributed by atoms with Crippen LogP contribution in [-0.4, -0.2) is 22.5 Å². The van der Waals surface area contributed by atoms with Gasteiger partial charge in [-0.1, -0.05) is 17.4 Å². The molecule has 3 aromatic heterocycles. The Morgan fingerprint density at radius 3 is 2.62 bits per heavy atom. The number of aromatic nitrogens is 2. The third-order valence-electron chi connectivity index (χ3n) is 5.68. The van der Waals surface area contributed by atoms with Gasteiger partial charge in [-0.25, -0.2) is 14.2 Å². The van der Waals surface area contributed by atoms with Gasteiger partial charge < -0.3 is 9.15 Å². The van der Waals surface area contributed by atoms with Gasteiger partial charge in [0.25, 0.3) is 5.56 Å². The molecule has 0 unspecified atom stereocenters. The zero-order valence-corrected chi connectivity index (χ0v) is 18.9. The lowest BCUT2D eigenvalue weighted by Crippen LogP contribution is -2.22. The summed E-state index contributed by atoms with van der Waals surface area (Å²) >= 11 is 1.34. The molecule has 0 fully saturated rings. The van der Waals surface area contributed by atoms with Gasteiger partial charge in [-0.3, -0.25) is 4.79 Å². The predicted octanol–water partition coefficient (Wildman–Crippen LogP) is 4.43. The normalized spacial score (nSPS) is 12.2. The van der Waals surface area contributed by atoms with Crippen molar-refractivity contribution in [1.29, 1.82) is 0 Å². The first-order chi connectivity index (χ1) is 15.4. The van der Waals surface area contributed by atoms with Crippen LogP contribution in [0.2, 0.25) is 0 Å². The van der Waals surface area contributed by atoms with E-state index in [1.807, 2.05) is 51.1 Å². The highest BCUT2D eigenvalue weighted by atomic mass is 32.1. The summed E-state index contributed by atoms with van der Waals surface area (Å²) in [6.07, 6.45) is 1.73. The van der Waals surface area contributed by atoms with Gasteiger partial charge in [0.15, 0.2) is 4.96 Å². The van der Waals surface area contributed by atoms with Crippen molar-refractivity contribution in [3.05, 3.63) is 85.4 Å². The molecular formula is C25H20N2O4S. The molecule has 0 aliphatic heterocycles. The van der Waals surface area contributed by atoms with Crippen LogP contribution in [0.15, 0.2) is 51.7 Å². The summed E-state index contributed by atoms with van der Waals surface area (Å²) in [5.74, 6) is 0.769. The summed E-state index contributed by atoms with van der Waals surface area (Å²) in [5.41, 5.74) is 6.02. The standard InChI is InChI=1S/C25H20N2O4S/c1-13-5-6-16(24(29)30-4)11-18(13)21-8-7-17(31-21)12-22-23(28)27-20-10-15(3)14(2)9-19(20)26-25(27)32-22/h5-12H,1-4H3/b22-12-. The maximum atomic E-state index is 13.1. The molecule has 2 aromatic carbocycles. The number of imidazole rings is 1. The summed E-state index contributed by atoms with van der Waals surface area (Å²) < 4.78 is 13.0. The summed E-state index contributed by atoms with van der Waals surface area (Å²) in [4.78, 5) is 30.3. The minimum absolute atomic E-state index is 0.113. The number of esters is 1. The highest BCUT2D eigenvalue weighted by Gasteiger charge is 2.14. The van der Waals surface area contributed by atoms with Gasteiger partial charge in [-0.15, -0.1) is 0 Å². The highest BCUT2D eigenvalue weighted by Crippen LogP contribution is 2.27. The molecule has 3 heterocycles. The molecule has 0 spiro atoms. The van der Waals surface area contributed by atoms with Crippen LogP contribution in [0.4, 0.5) is 0 Å². The SMILES string of the molecule is COC(=O)c1ccc(C)c(-c2ccc(/C=c3\sc4nc5cc(C)c(C)cc5n4c3=O)o2)c1. The van der Waals surface area contributed by atoms with Gasteiger partial charge in [-0.2, -0.15) is 0 Å². The number of nitrogens with zero attached hydrogens (tertiary/aromatic N) is 2. The largest absolute Gasteiger partial charge is 0.465 e. The lowest BCUT2D eigenvalue weighted by Gasteiger charge is -2.05. The van der Waals surface area contributed by atoms with Crippen LogP contribution < -0.4 is 10.1 Å². The first-order valence-corrected chi connectivity index (χ1v) is 10.9. The van der Waals surface area contributed by atoms with E-state index in [-0.39, 0.29) is 5.56 Å². The van der Waals surface area contributed by atoms with Crippen molar-refractivity contribution in [3.8, 4) is 11.3 Å². The Hall–Kier alpha value is -3.71. The first-order valence-electron chi connectivity index (χ1n) is 10.1. The topological polar surface area (TPSA) is 73.8 Å². The van der Waals surface area contributed by atoms with Crippen molar-refractivity contribution in [2.24, 2.45) is 0 Å². The van der Waals surface area contributed by atoms with Crippen LogP contribution in [0.5, 0.6) is 0 Å². The smallest absolute Gasteiger partial charge is 0.337 e. The maximum Gasteiger partial charge on any atom is 0.337 e. The molecule has 0 saturated carbocycles. The van der Waals surface area contributed by atoms with E-state index in [0.717, 1.165) is 33.3 Å². The second kappa shape index (κ2) is 7.46. The maximum absolute atomic E-state index is 13.1. The molecule has 5 rings (SSSR count). The molecule has 0 radical (unpaired) electrons. The number of ether oxygens (including phenoxy) is 1. The Kier molecular flexibility index (Phi) is 4.71. The van der Waals surface area contributed by atoms with Crippen LogP contribution in [0.1, 0.15) is 32.8 Å². The second-order valence-corrected chi connectivity index (χ2v) is 8.80. The number of methoxy groups -OCH3 is 1. The second-order valence-electron chi connectivity index (χ2n) is 7.79. The zero-order valence-electron chi connectivity index (χ0n) is 18.1. The summed E-state index contributed by atoms with van der Waals surface area (Å²) in [6, 6.07) is 13.0. The van der Waals surface area contributed by atoms with E-state index >= 15 is 0 Å². The number of benzene rings is 2. The van der Waals surface area contributed by atoms with Crippen molar-refractivity contribution >= 4 is 39.4 Å². The monoisotopic (exact) mass is 444 g/mol. The van der Waals surface area contributed by atoms with Gasteiger partial charge in [0.2, 0.25) is 0 Å². The van der Waals surface area contributed by atoms with Crippen molar-refractivity contribution in [2.45, 2.75) is 20.8 Å². The lowest BCUT2D eigenvalue weighted by atomic mass is 10.0. The van der Waals surface area contributed by atoms with Crippen LogP contribution in [0, 0.1) is 20.8 Å². The minimum Gasteiger partial charge on any atom is -0.465 e. The van der Waals surface area contributed by atoms with Crippen LogP contribution >= 0.6 is 11.3 Å². The molecule has 0 amide bonds. The predicted molar refractivity (Wildman–Crippen MR) is 125 cm³/mol. The summed E-state index contributed by atoms with van der Waals surface area (Å²) in [5, 5.41) is 0. The van der Waals surface area contributed by atoms with Crippen LogP contribution in [0.3, 0.4) is 0 Å². The van der Waals surface area contributed by atoms with E-state index in [0.29, 0.717) is 26.6 Å². The molecule has 0 N–H and O–H groups in total. The number of carbonyl (C=O) groups excluding carboxylic acids is 1. The van der Waals surface area contributed by atoms with Gasteiger partial charge in [0, 0.05) is 11.6 Å². The number of carbonyl (C=O) groups is 1. The third kappa shape index (κ3) is 3.22. The number of hydrogen-bond donors (Lipinski definition) is 0. The molecule has 32 heavy (non-hydrogen) atoms. The van der Waals surface area contributed by atoms with E-state index in [1.165, 1.54) is 18.4 Å². The van der Waals surface area contributed by atoms with E-state index in [2.05, 4.69) is 4.98 Å². The number of rotatable bonds is 3. The number of fused-ring (bicyclic) bond motifs is 3. The van der Waals surface area contributed by atoms with Crippen molar-refractivity contribution < 1.29 is 13.9 Å². The van der Waals surface area contributed by atoms with E-state index in [9.17, 15) is 9.59 Å². The average Bonchev–Trinajstić information content (AvgIpc) is 3.45. The zero-order chi connectivity index (χ0) is 22.6. The fourth-order valence-corrected chi connectivity index (χ4v) is 4.72. The van der Waals surface area contributed by atoms with E-state index in [4.69, 9.17) is 9.15 Å². The Labute approximate surface area is 187 Å². The number of thiazole rings is 1. The molecule has 0 atom stereocenters. The van der Waals surface area contributed by atoms with Gasteiger partial charge in [0.1, 0.15) is 16.1 Å². The van der Waals surface area contributed by atoms with Gasteiger partial charge in [-0.05, 0) is 73.9 Å². The van der Waals surface area contributed by atoms with Gasteiger partial charge in [0.05, 0.1) is 23.7 Å². The molecular weight excluding hydrogens is 424 g/mol. The third-order valence-corrected chi connectivity index (χ3v) is 6.65. The Balaban J connectivity index is 1.59. The summed E-state index contributed by atoms with van der Waals surface area (Å²) in [7, 11) is 1.35. The first kappa shape index (κ1) is 20.2. The fourth-order valence-electron chi connectivity index (χ4n) is 3.76. The van der Waals surface area contributed by atoms with Gasteiger partial charge >= 0.3 is 5.97 Å². The van der Waals surface area contributed by atoms with Crippen LogP contribution in [-0.2, 0) is 4.74 Å².